The Labute approximate surface area is 121 Å². The normalized spacial score (nSPS) is 11.7. The number of hydrogen-bond acceptors (Lipinski definition) is 4. The zero-order valence-corrected chi connectivity index (χ0v) is 12.2. The fraction of sp³-hybridized carbons (Fsp3) is 0.385. The number of carboxylic acids is 1. The zero-order valence-electron chi connectivity index (χ0n) is 11.4. The third kappa shape index (κ3) is 5.94. The number of rotatable bonds is 7. The average Bonchev–Trinajstić information content (AvgIpc) is 2.44. The quantitative estimate of drug-likeness (QED) is 0.670. The number of ether oxygens (including phenoxy) is 1. The van der Waals surface area contributed by atoms with Gasteiger partial charge in [-0.3, -0.25) is 4.79 Å². The summed E-state index contributed by atoms with van der Waals surface area (Å²) in [5.74, 6) is -0.966. The molecule has 0 saturated heterocycles. The number of methoxy groups -OCH3 is 1. The molecule has 1 aromatic rings. The van der Waals surface area contributed by atoms with Gasteiger partial charge in [-0.2, -0.15) is 0 Å². The maximum atomic E-state index is 11.6. The van der Waals surface area contributed by atoms with Gasteiger partial charge in [0.05, 0.1) is 12.5 Å². The molecule has 0 aromatic heterocycles. The largest absolute Gasteiger partial charge is 0.481 e. The molecule has 20 heavy (non-hydrogen) atoms. The van der Waals surface area contributed by atoms with Gasteiger partial charge in [-0.25, -0.2) is 4.79 Å². The molecule has 0 radical (unpaired) electrons. The highest BCUT2D eigenvalue weighted by Crippen LogP contribution is 2.17. The fourth-order valence-electron chi connectivity index (χ4n) is 1.49. The third-order valence-electron chi connectivity index (χ3n) is 2.57. The van der Waals surface area contributed by atoms with Gasteiger partial charge < -0.3 is 20.5 Å². The SMILES string of the molecule is COC(CNC(=O)Nc1ccc(SC)cc1)CC(=O)O. The van der Waals surface area contributed by atoms with Crippen LogP contribution in [0.25, 0.3) is 0 Å². The van der Waals surface area contributed by atoms with Crippen LogP contribution in [0.5, 0.6) is 0 Å². The minimum atomic E-state index is -0.966. The van der Waals surface area contributed by atoms with Crippen molar-refractivity contribution in [3.8, 4) is 0 Å². The molecule has 0 aliphatic carbocycles. The molecule has 0 fully saturated rings. The maximum absolute atomic E-state index is 11.6. The number of amides is 2. The van der Waals surface area contributed by atoms with Crippen LogP contribution in [0.15, 0.2) is 29.2 Å². The van der Waals surface area contributed by atoms with Crippen LogP contribution in [0.4, 0.5) is 10.5 Å². The van der Waals surface area contributed by atoms with E-state index in [0.717, 1.165) is 4.90 Å². The maximum Gasteiger partial charge on any atom is 0.319 e. The molecule has 6 nitrogen and oxygen atoms in total. The average molecular weight is 298 g/mol. The molecule has 0 spiro atoms. The molecule has 7 heteroatoms. The standard InChI is InChI=1S/C13H18N2O4S/c1-19-10(7-12(16)17)8-14-13(18)15-9-3-5-11(20-2)6-4-9/h3-6,10H,7-8H2,1-2H3,(H,16,17)(H2,14,15,18). The number of thioether (sulfide) groups is 1. The monoisotopic (exact) mass is 298 g/mol. The van der Waals surface area contributed by atoms with Crippen molar-refractivity contribution < 1.29 is 19.4 Å². The van der Waals surface area contributed by atoms with Gasteiger partial charge in [0.15, 0.2) is 0 Å². The van der Waals surface area contributed by atoms with Crippen molar-refractivity contribution in [1.29, 1.82) is 0 Å². The molecule has 3 N–H and O–H groups in total. The zero-order chi connectivity index (χ0) is 15.0. The Morgan fingerprint density at radius 1 is 1.35 bits per heavy atom. The van der Waals surface area contributed by atoms with Crippen molar-refractivity contribution in [2.75, 3.05) is 25.2 Å². The molecule has 1 rings (SSSR count). The van der Waals surface area contributed by atoms with Crippen molar-refractivity contribution >= 4 is 29.4 Å². The van der Waals surface area contributed by atoms with E-state index in [1.54, 1.807) is 23.9 Å². The van der Waals surface area contributed by atoms with E-state index >= 15 is 0 Å². The Balaban J connectivity index is 2.40. The number of benzene rings is 1. The smallest absolute Gasteiger partial charge is 0.319 e. The van der Waals surface area contributed by atoms with E-state index < -0.39 is 18.1 Å². The van der Waals surface area contributed by atoms with Gasteiger partial charge in [-0.1, -0.05) is 0 Å². The Morgan fingerprint density at radius 3 is 2.50 bits per heavy atom. The van der Waals surface area contributed by atoms with E-state index in [2.05, 4.69) is 10.6 Å². The lowest BCUT2D eigenvalue weighted by atomic mass is 10.2. The minimum Gasteiger partial charge on any atom is -0.481 e. The first kappa shape index (κ1) is 16.3. The van der Waals surface area contributed by atoms with Crippen LogP contribution in [0.1, 0.15) is 6.42 Å². The molecule has 1 aromatic carbocycles. The van der Waals surface area contributed by atoms with Gasteiger partial charge in [0.1, 0.15) is 0 Å². The lowest BCUT2D eigenvalue weighted by molar-refractivity contribution is -0.139. The molecular weight excluding hydrogens is 280 g/mol. The summed E-state index contributed by atoms with van der Waals surface area (Å²) in [7, 11) is 1.41. The highest BCUT2D eigenvalue weighted by Gasteiger charge is 2.13. The summed E-state index contributed by atoms with van der Waals surface area (Å²) >= 11 is 1.62. The number of carboxylic acid groups (broad SMARTS) is 1. The van der Waals surface area contributed by atoms with Crippen molar-refractivity contribution in [3.63, 3.8) is 0 Å². The first-order valence-electron chi connectivity index (χ1n) is 5.98. The second-order valence-corrected chi connectivity index (χ2v) is 4.90. The van der Waals surface area contributed by atoms with Gasteiger partial charge in [0.25, 0.3) is 0 Å². The molecule has 0 aliphatic heterocycles. The summed E-state index contributed by atoms with van der Waals surface area (Å²) in [5, 5.41) is 13.9. The van der Waals surface area contributed by atoms with Crippen LogP contribution >= 0.6 is 11.8 Å². The predicted octanol–water partition coefficient (Wildman–Crippen LogP) is 2.02. The molecule has 0 aliphatic rings. The van der Waals surface area contributed by atoms with Crippen LogP contribution < -0.4 is 10.6 Å². The van der Waals surface area contributed by atoms with Gasteiger partial charge in [-0.05, 0) is 30.5 Å². The van der Waals surface area contributed by atoms with Crippen molar-refractivity contribution in [2.24, 2.45) is 0 Å². The van der Waals surface area contributed by atoms with Crippen LogP contribution in [-0.2, 0) is 9.53 Å². The molecule has 0 saturated carbocycles. The van der Waals surface area contributed by atoms with Crippen molar-refractivity contribution in [1.82, 2.24) is 5.32 Å². The van der Waals surface area contributed by atoms with E-state index in [1.807, 2.05) is 18.4 Å². The molecular formula is C13H18N2O4S. The number of urea groups is 1. The number of carbonyl (C=O) groups excluding carboxylic acids is 1. The van der Waals surface area contributed by atoms with Gasteiger partial charge >= 0.3 is 12.0 Å². The number of nitrogens with one attached hydrogen (secondary N) is 2. The summed E-state index contributed by atoms with van der Waals surface area (Å²) in [5.41, 5.74) is 0.674. The van der Waals surface area contributed by atoms with Crippen molar-refractivity contribution in [2.45, 2.75) is 17.4 Å². The van der Waals surface area contributed by atoms with Crippen LogP contribution in [0, 0.1) is 0 Å². The second-order valence-electron chi connectivity index (χ2n) is 4.02. The van der Waals surface area contributed by atoms with Crippen LogP contribution in [0.3, 0.4) is 0 Å². The molecule has 1 unspecified atom stereocenters. The summed E-state index contributed by atoms with van der Waals surface area (Å²) in [6.45, 7) is 0.136. The van der Waals surface area contributed by atoms with Gasteiger partial charge in [0.2, 0.25) is 0 Å². The molecule has 2 amide bonds. The summed E-state index contributed by atoms with van der Waals surface area (Å²) in [6.07, 6.45) is 1.28. The topological polar surface area (TPSA) is 87.7 Å². The third-order valence-corrected chi connectivity index (χ3v) is 3.32. The molecule has 0 heterocycles. The van der Waals surface area contributed by atoms with E-state index in [9.17, 15) is 9.59 Å². The Morgan fingerprint density at radius 2 is 2.00 bits per heavy atom. The highest BCUT2D eigenvalue weighted by molar-refractivity contribution is 7.98. The van der Waals surface area contributed by atoms with E-state index in [1.165, 1.54) is 7.11 Å². The first-order valence-corrected chi connectivity index (χ1v) is 7.21. The highest BCUT2D eigenvalue weighted by atomic mass is 32.2. The fourth-order valence-corrected chi connectivity index (χ4v) is 1.90. The number of carbonyl (C=O) groups is 2. The molecule has 0 bridgehead atoms. The molecule has 1 atom stereocenters. The first-order chi connectivity index (χ1) is 9.55. The van der Waals surface area contributed by atoms with Gasteiger partial charge in [-0.15, -0.1) is 11.8 Å². The number of aliphatic carboxylic acids is 1. The van der Waals surface area contributed by atoms with Crippen LogP contribution in [0.2, 0.25) is 0 Å². The number of hydrogen-bond donors (Lipinski definition) is 3. The Bertz CT molecular complexity index is 450. The minimum absolute atomic E-state index is 0.136. The second kappa shape index (κ2) is 8.44. The van der Waals surface area contributed by atoms with E-state index in [0.29, 0.717) is 5.69 Å². The lowest BCUT2D eigenvalue weighted by Gasteiger charge is -2.14. The summed E-state index contributed by atoms with van der Waals surface area (Å²) < 4.78 is 4.97. The molecule has 110 valence electrons. The van der Waals surface area contributed by atoms with Crippen LogP contribution in [-0.4, -0.2) is 43.1 Å². The number of anilines is 1. The van der Waals surface area contributed by atoms with E-state index in [-0.39, 0.29) is 13.0 Å². The lowest BCUT2D eigenvalue weighted by Crippen LogP contribution is -2.37. The van der Waals surface area contributed by atoms with E-state index in [4.69, 9.17) is 9.84 Å². The Kier molecular flexibility index (Phi) is 6.89. The van der Waals surface area contributed by atoms with Gasteiger partial charge in [0, 0.05) is 24.2 Å². The summed E-state index contributed by atoms with van der Waals surface area (Å²) in [4.78, 5) is 23.3. The summed E-state index contributed by atoms with van der Waals surface area (Å²) in [6, 6.07) is 7.02. The van der Waals surface area contributed by atoms with Crippen molar-refractivity contribution in [3.05, 3.63) is 24.3 Å². The predicted molar refractivity (Wildman–Crippen MR) is 78.3 cm³/mol. The Hall–Kier alpha value is -1.73.